The number of benzene rings is 2. The summed E-state index contributed by atoms with van der Waals surface area (Å²) >= 11 is 0. The molecule has 2 heterocycles. The number of rotatable bonds is 10. The molecule has 1 saturated heterocycles. The molecule has 1 N–H and O–H groups in total. The van der Waals surface area contributed by atoms with Gasteiger partial charge in [0.2, 0.25) is 0 Å². The Labute approximate surface area is 204 Å². The second-order valence-corrected chi connectivity index (χ2v) is 8.37. The van der Waals surface area contributed by atoms with Crippen LogP contribution in [0.1, 0.15) is 49.1 Å². The van der Waals surface area contributed by atoms with Gasteiger partial charge in [0.1, 0.15) is 29.1 Å². The van der Waals surface area contributed by atoms with Gasteiger partial charge in [0.25, 0.3) is 11.7 Å². The highest BCUT2D eigenvalue weighted by Gasteiger charge is 2.47. The molecule has 0 radical (unpaired) electrons. The summed E-state index contributed by atoms with van der Waals surface area (Å²) in [6.45, 7) is 2.90. The lowest BCUT2D eigenvalue weighted by molar-refractivity contribution is -0.140. The number of unbranched alkanes of at least 4 members (excludes halogenated alkanes) is 2. The Morgan fingerprint density at radius 1 is 1.03 bits per heavy atom. The lowest BCUT2D eigenvalue weighted by Crippen LogP contribution is -2.29. The number of carbonyl (C=O) groups is 2. The third-order valence-corrected chi connectivity index (χ3v) is 5.98. The van der Waals surface area contributed by atoms with Crippen LogP contribution < -0.4 is 9.47 Å². The van der Waals surface area contributed by atoms with Gasteiger partial charge >= 0.3 is 0 Å². The second-order valence-electron chi connectivity index (χ2n) is 8.37. The van der Waals surface area contributed by atoms with Crippen molar-refractivity contribution in [3.8, 4) is 11.5 Å². The van der Waals surface area contributed by atoms with Crippen molar-refractivity contribution in [1.82, 2.24) is 4.90 Å². The van der Waals surface area contributed by atoms with Gasteiger partial charge in [-0.25, -0.2) is 0 Å². The van der Waals surface area contributed by atoms with Gasteiger partial charge in [-0.2, -0.15) is 0 Å². The van der Waals surface area contributed by atoms with Crippen LogP contribution in [0, 0.1) is 0 Å². The minimum Gasteiger partial charge on any atom is -0.507 e. The van der Waals surface area contributed by atoms with Crippen molar-refractivity contribution in [3.05, 3.63) is 89.4 Å². The molecule has 1 fully saturated rings. The van der Waals surface area contributed by atoms with Crippen LogP contribution in [0.4, 0.5) is 0 Å². The van der Waals surface area contributed by atoms with Crippen molar-refractivity contribution in [2.45, 2.75) is 38.8 Å². The maximum absolute atomic E-state index is 13.1. The Morgan fingerprint density at radius 2 is 1.83 bits per heavy atom. The Kier molecular flexibility index (Phi) is 7.55. The number of amides is 1. The molecule has 1 aliphatic rings. The average molecular weight is 476 g/mol. The zero-order valence-electron chi connectivity index (χ0n) is 19.9. The molecule has 4 rings (SSSR count). The largest absolute Gasteiger partial charge is 0.507 e. The number of methoxy groups -OCH3 is 1. The summed E-state index contributed by atoms with van der Waals surface area (Å²) in [6, 6.07) is 16.6. The fourth-order valence-electron chi connectivity index (χ4n) is 4.16. The highest BCUT2D eigenvalue weighted by Crippen LogP contribution is 2.40. The Morgan fingerprint density at radius 3 is 2.51 bits per heavy atom. The van der Waals surface area contributed by atoms with E-state index < -0.39 is 17.7 Å². The molecule has 7 nitrogen and oxygen atoms in total. The fourth-order valence-corrected chi connectivity index (χ4v) is 4.16. The van der Waals surface area contributed by atoms with Gasteiger partial charge in [-0.1, -0.05) is 31.9 Å². The monoisotopic (exact) mass is 475 g/mol. The fraction of sp³-hybridized carbons (Fsp3) is 0.286. The van der Waals surface area contributed by atoms with Crippen molar-refractivity contribution < 1.29 is 28.6 Å². The first-order valence-corrected chi connectivity index (χ1v) is 11.7. The Balaban J connectivity index is 1.66. The molecule has 3 aromatic rings. The number of carbonyl (C=O) groups excluding carboxylic acids is 2. The van der Waals surface area contributed by atoms with Gasteiger partial charge in [-0.3, -0.25) is 9.59 Å². The van der Waals surface area contributed by atoms with E-state index >= 15 is 0 Å². The van der Waals surface area contributed by atoms with Gasteiger partial charge in [-0.05, 0) is 60.5 Å². The van der Waals surface area contributed by atoms with Crippen LogP contribution in [0.15, 0.2) is 76.9 Å². The van der Waals surface area contributed by atoms with Gasteiger partial charge in [0.05, 0.1) is 25.6 Å². The summed E-state index contributed by atoms with van der Waals surface area (Å²) in [7, 11) is 1.57. The summed E-state index contributed by atoms with van der Waals surface area (Å²) in [4.78, 5) is 27.6. The Hall–Kier alpha value is -4.00. The quantitative estimate of drug-likeness (QED) is 0.181. The molecule has 1 amide bonds. The molecule has 0 saturated carbocycles. The van der Waals surface area contributed by atoms with E-state index in [-0.39, 0.29) is 17.9 Å². The highest BCUT2D eigenvalue weighted by molar-refractivity contribution is 6.46. The van der Waals surface area contributed by atoms with E-state index in [2.05, 4.69) is 6.92 Å². The molecule has 35 heavy (non-hydrogen) atoms. The van der Waals surface area contributed by atoms with Gasteiger partial charge in [0, 0.05) is 12.1 Å². The second kappa shape index (κ2) is 11.0. The van der Waals surface area contributed by atoms with E-state index in [9.17, 15) is 14.7 Å². The third-order valence-electron chi connectivity index (χ3n) is 5.98. The summed E-state index contributed by atoms with van der Waals surface area (Å²) in [5.74, 6) is 0.00244. The van der Waals surface area contributed by atoms with E-state index in [1.54, 1.807) is 55.6 Å². The molecule has 0 spiro atoms. The smallest absolute Gasteiger partial charge is 0.296 e. The van der Waals surface area contributed by atoms with Crippen molar-refractivity contribution in [2.75, 3.05) is 13.7 Å². The van der Waals surface area contributed by atoms with Crippen LogP contribution in [0.3, 0.4) is 0 Å². The maximum atomic E-state index is 13.1. The standard InChI is InChI=1S/C28H29NO6/c1-3-4-5-15-34-21-13-11-20(12-14-21)26(30)24-25(23-10-7-16-35-23)29(28(32)27(24)31)18-19-8-6-9-22(17-19)33-2/h6-14,16-17,25,30H,3-5,15,18H2,1-2H3/b26-24-. The zero-order chi connectivity index (χ0) is 24.8. The van der Waals surface area contributed by atoms with Crippen LogP contribution in [-0.2, 0) is 16.1 Å². The first kappa shape index (κ1) is 24.1. The molecule has 0 bridgehead atoms. The predicted octanol–water partition coefficient (Wildman–Crippen LogP) is 5.48. The molecular weight excluding hydrogens is 446 g/mol. The van der Waals surface area contributed by atoms with Crippen molar-refractivity contribution in [3.63, 3.8) is 0 Å². The number of ketones is 1. The molecule has 0 aliphatic carbocycles. The number of nitrogens with zero attached hydrogens (tertiary/aromatic N) is 1. The van der Waals surface area contributed by atoms with Crippen LogP contribution in [0.2, 0.25) is 0 Å². The highest BCUT2D eigenvalue weighted by atomic mass is 16.5. The first-order valence-electron chi connectivity index (χ1n) is 11.7. The molecule has 1 unspecified atom stereocenters. The van der Waals surface area contributed by atoms with E-state index in [0.29, 0.717) is 29.4 Å². The number of Topliss-reactive ketones (excluding diaryl/α,β-unsaturated/α-hetero) is 1. The molecular formula is C28H29NO6. The lowest BCUT2D eigenvalue weighted by atomic mass is 9.99. The number of ether oxygens (including phenoxy) is 2. The average Bonchev–Trinajstić information content (AvgIpc) is 3.50. The number of hydrogen-bond donors (Lipinski definition) is 1. The van der Waals surface area contributed by atoms with E-state index in [1.165, 1.54) is 11.2 Å². The van der Waals surface area contributed by atoms with Crippen molar-refractivity contribution in [2.24, 2.45) is 0 Å². The number of aliphatic hydroxyl groups is 1. The predicted molar refractivity (Wildman–Crippen MR) is 131 cm³/mol. The van der Waals surface area contributed by atoms with E-state index in [1.807, 2.05) is 12.1 Å². The number of aliphatic hydroxyl groups excluding tert-OH is 1. The zero-order valence-corrected chi connectivity index (χ0v) is 19.9. The first-order chi connectivity index (χ1) is 17.0. The summed E-state index contributed by atoms with van der Waals surface area (Å²) in [5.41, 5.74) is 1.19. The topological polar surface area (TPSA) is 89.2 Å². The van der Waals surface area contributed by atoms with Crippen molar-refractivity contribution >= 4 is 17.4 Å². The molecule has 1 aliphatic heterocycles. The minimum atomic E-state index is -0.860. The van der Waals surface area contributed by atoms with Crippen LogP contribution in [0.5, 0.6) is 11.5 Å². The summed E-state index contributed by atoms with van der Waals surface area (Å²) in [6.07, 6.45) is 4.66. The summed E-state index contributed by atoms with van der Waals surface area (Å²) < 4.78 is 16.6. The number of hydrogen-bond acceptors (Lipinski definition) is 6. The van der Waals surface area contributed by atoms with E-state index in [0.717, 1.165) is 24.8 Å². The van der Waals surface area contributed by atoms with Crippen molar-refractivity contribution in [1.29, 1.82) is 0 Å². The minimum absolute atomic E-state index is 0.00976. The lowest BCUT2D eigenvalue weighted by Gasteiger charge is -2.23. The van der Waals surface area contributed by atoms with Gasteiger partial charge < -0.3 is 23.9 Å². The number of furan rings is 1. The maximum Gasteiger partial charge on any atom is 0.296 e. The van der Waals surface area contributed by atoms with Gasteiger partial charge in [0.15, 0.2) is 0 Å². The molecule has 182 valence electrons. The molecule has 7 heteroatoms. The SMILES string of the molecule is CCCCCOc1ccc(/C(O)=C2/C(=O)C(=O)N(Cc3cccc(OC)c3)C2c2ccco2)cc1. The van der Waals surface area contributed by atoms with Crippen LogP contribution >= 0.6 is 0 Å². The van der Waals surface area contributed by atoms with E-state index in [4.69, 9.17) is 13.9 Å². The van der Waals surface area contributed by atoms with Gasteiger partial charge in [-0.15, -0.1) is 0 Å². The summed E-state index contributed by atoms with van der Waals surface area (Å²) in [5, 5.41) is 11.2. The Bertz CT molecular complexity index is 1200. The molecule has 1 atom stereocenters. The van der Waals surface area contributed by atoms with Crippen LogP contribution in [-0.4, -0.2) is 35.4 Å². The normalized spacial score (nSPS) is 17.1. The third kappa shape index (κ3) is 5.24. The number of likely N-dealkylation sites (tertiary alicyclic amines) is 1. The van der Waals surface area contributed by atoms with Crippen LogP contribution in [0.25, 0.3) is 5.76 Å². The molecule has 1 aromatic heterocycles. The molecule has 2 aromatic carbocycles.